The molecule has 13 heavy (non-hydrogen) atoms. The standard InChI is InChI=1S/C9H10BrN3/c1-5-7-3-6(10)4-8(11)9(7)12-13(5)2/h3-4H,11H2,1-2H3. The molecule has 0 amide bonds. The van der Waals surface area contributed by atoms with E-state index in [2.05, 4.69) is 21.0 Å². The fourth-order valence-electron chi connectivity index (χ4n) is 1.41. The molecule has 0 aliphatic heterocycles. The Kier molecular flexibility index (Phi) is 1.80. The van der Waals surface area contributed by atoms with Gasteiger partial charge in [0.15, 0.2) is 0 Å². The molecule has 0 radical (unpaired) electrons. The molecule has 2 rings (SSSR count). The van der Waals surface area contributed by atoms with Gasteiger partial charge < -0.3 is 5.73 Å². The van der Waals surface area contributed by atoms with Gasteiger partial charge in [-0.2, -0.15) is 5.10 Å². The molecule has 0 saturated carbocycles. The zero-order valence-electron chi connectivity index (χ0n) is 7.50. The summed E-state index contributed by atoms with van der Waals surface area (Å²) in [5.41, 5.74) is 8.55. The van der Waals surface area contributed by atoms with Crippen molar-refractivity contribution in [2.24, 2.45) is 7.05 Å². The summed E-state index contributed by atoms with van der Waals surface area (Å²) in [6.45, 7) is 2.03. The van der Waals surface area contributed by atoms with Crippen LogP contribution < -0.4 is 5.73 Å². The number of nitrogens with two attached hydrogens (primary N) is 1. The summed E-state index contributed by atoms with van der Waals surface area (Å²) in [5.74, 6) is 0. The molecule has 0 spiro atoms. The van der Waals surface area contributed by atoms with Crippen LogP contribution in [0.25, 0.3) is 10.9 Å². The van der Waals surface area contributed by atoms with Crippen LogP contribution in [-0.2, 0) is 7.05 Å². The van der Waals surface area contributed by atoms with Crippen LogP contribution in [0, 0.1) is 6.92 Å². The van der Waals surface area contributed by atoms with E-state index in [0.717, 1.165) is 21.1 Å². The molecule has 0 bridgehead atoms. The highest BCUT2D eigenvalue weighted by Crippen LogP contribution is 2.27. The van der Waals surface area contributed by atoms with Crippen molar-refractivity contribution in [3.63, 3.8) is 0 Å². The van der Waals surface area contributed by atoms with Crippen molar-refractivity contribution in [3.8, 4) is 0 Å². The van der Waals surface area contributed by atoms with Crippen LogP contribution in [0.5, 0.6) is 0 Å². The molecule has 3 nitrogen and oxygen atoms in total. The molecular weight excluding hydrogens is 230 g/mol. The van der Waals surface area contributed by atoms with Gasteiger partial charge in [0, 0.05) is 22.6 Å². The number of fused-ring (bicyclic) bond motifs is 1. The van der Waals surface area contributed by atoms with Crippen LogP contribution in [0.3, 0.4) is 0 Å². The lowest BCUT2D eigenvalue weighted by molar-refractivity contribution is 0.751. The fraction of sp³-hybridized carbons (Fsp3) is 0.222. The highest BCUT2D eigenvalue weighted by atomic mass is 79.9. The first-order valence-corrected chi connectivity index (χ1v) is 4.77. The van der Waals surface area contributed by atoms with Crippen LogP contribution in [-0.4, -0.2) is 9.78 Å². The molecule has 0 saturated heterocycles. The number of aryl methyl sites for hydroxylation is 2. The summed E-state index contributed by atoms with van der Waals surface area (Å²) in [7, 11) is 1.92. The van der Waals surface area contributed by atoms with Crippen molar-refractivity contribution >= 4 is 32.5 Å². The van der Waals surface area contributed by atoms with Gasteiger partial charge in [-0.3, -0.25) is 4.68 Å². The Morgan fingerprint density at radius 3 is 2.85 bits per heavy atom. The molecule has 4 heteroatoms. The lowest BCUT2D eigenvalue weighted by atomic mass is 10.2. The second kappa shape index (κ2) is 2.73. The number of anilines is 1. The Morgan fingerprint density at radius 2 is 2.15 bits per heavy atom. The SMILES string of the molecule is Cc1c2cc(Br)cc(N)c2nn1C. The third kappa shape index (κ3) is 1.21. The van der Waals surface area contributed by atoms with Gasteiger partial charge in [-0.25, -0.2) is 0 Å². The van der Waals surface area contributed by atoms with Crippen LogP contribution in [0.2, 0.25) is 0 Å². The third-order valence-electron chi connectivity index (χ3n) is 2.23. The van der Waals surface area contributed by atoms with Gasteiger partial charge in [0.2, 0.25) is 0 Å². The molecule has 68 valence electrons. The van der Waals surface area contributed by atoms with Crippen molar-refractivity contribution in [1.29, 1.82) is 0 Å². The highest BCUT2D eigenvalue weighted by molar-refractivity contribution is 9.10. The van der Waals surface area contributed by atoms with Gasteiger partial charge in [-0.15, -0.1) is 0 Å². The van der Waals surface area contributed by atoms with E-state index in [4.69, 9.17) is 5.73 Å². The van der Waals surface area contributed by atoms with Gasteiger partial charge in [0.05, 0.1) is 5.69 Å². The maximum Gasteiger partial charge on any atom is 0.116 e. The van der Waals surface area contributed by atoms with E-state index < -0.39 is 0 Å². The average Bonchev–Trinajstić information content (AvgIpc) is 2.32. The monoisotopic (exact) mass is 239 g/mol. The summed E-state index contributed by atoms with van der Waals surface area (Å²) in [4.78, 5) is 0. The number of benzene rings is 1. The van der Waals surface area contributed by atoms with E-state index in [9.17, 15) is 0 Å². The molecule has 2 N–H and O–H groups in total. The van der Waals surface area contributed by atoms with E-state index in [1.807, 2.05) is 30.8 Å². The third-order valence-corrected chi connectivity index (χ3v) is 2.69. The first kappa shape index (κ1) is 8.56. The van der Waals surface area contributed by atoms with Crippen molar-refractivity contribution in [3.05, 3.63) is 22.3 Å². The number of hydrogen-bond acceptors (Lipinski definition) is 2. The summed E-state index contributed by atoms with van der Waals surface area (Å²) >= 11 is 3.41. The van der Waals surface area contributed by atoms with Crippen LogP contribution in [0.1, 0.15) is 5.69 Å². The molecule has 0 fully saturated rings. The number of aromatic nitrogens is 2. The van der Waals surface area contributed by atoms with Gasteiger partial charge in [0.25, 0.3) is 0 Å². The lowest BCUT2D eigenvalue weighted by Crippen LogP contribution is -1.92. The van der Waals surface area contributed by atoms with E-state index in [-0.39, 0.29) is 0 Å². The fourth-order valence-corrected chi connectivity index (χ4v) is 1.88. The quantitative estimate of drug-likeness (QED) is 0.717. The Morgan fingerprint density at radius 1 is 1.46 bits per heavy atom. The van der Waals surface area contributed by atoms with E-state index >= 15 is 0 Å². The van der Waals surface area contributed by atoms with Crippen LogP contribution in [0.4, 0.5) is 5.69 Å². The Hall–Kier alpha value is -1.03. The molecular formula is C9H10BrN3. The van der Waals surface area contributed by atoms with Crippen molar-refractivity contribution in [1.82, 2.24) is 9.78 Å². The molecule has 0 atom stereocenters. The maximum absolute atomic E-state index is 5.83. The van der Waals surface area contributed by atoms with E-state index in [0.29, 0.717) is 5.69 Å². The molecule has 1 aromatic heterocycles. The minimum absolute atomic E-state index is 0.716. The van der Waals surface area contributed by atoms with Gasteiger partial charge in [0.1, 0.15) is 5.52 Å². The zero-order chi connectivity index (χ0) is 9.59. The minimum Gasteiger partial charge on any atom is -0.397 e. The number of nitrogens with zero attached hydrogens (tertiary/aromatic N) is 2. The second-order valence-corrected chi connectivity index (χ2v) is 4.02. The molecule has 0 aliphatic rings. The molecule has 0 aliphatic carbocycles. The normalized spacial score (nSPS) is 11.0. The summed E-state index contributed by atoms with van der Waals surface area (Å²) in [5, 5.41) is 5.43. The summed E-state index contributed by atoms with van der Waals surface area (Å²) in [6.07, 6.45) is 0. The first-order chi connectivity index (χ1) is 6.09. The molecule has 2 aromatic rings. The summed E-state index contributed by atoms with van der Waals surface area (Å²) in [6, 6.07) is 3.91. The predicted molar refractivity (Wildman–Crippen MR) is 57.6 cm³/mol. The maximum atomic E-state index is 5.83. The van der Waals surface area contributed by atoms with Gasteiger partial charge in [-0.05, 0) is 19.1 Å². The topological polar surface area (TPSA) is 43.8 Å². The minimum atomic E-state index is 0.716. The van der Waals surface area contributed by atoms with Gasteiger partial charge >= 0.3 is 0 Å². The van der Waals surface area contributed by atoms with Crippen molar-refractivity contribution in [2.45, 2.75) is 6.92 Å². The summed E-state index contributed by atoms with van der Waals surface area (Å²) < 4.78 is 2.83. The van der Waals surface area contributed by atoms with Crippen LogP contribution in [0.15, 0.2) is 16.6 Å². The molecule has 1 aromatic carbocycles. The highest BCUT2D eigenvalue weighted by Gasteiger charge is 2.07. The number of hydrogen-bond donors (Lipinski definition) is 1. The smallest absolute Gasteiger partial charge is 0.116 e. The average molecular weight is 240 g/mol. The van der Waals surface area contributed by atoms with Gasteiger partial charge in [-0.1, -0.05) is 15.9 Å². The van der Waals surface area contributed by atoms with E-state index in [1.165, 1.54) is 0 Å². The first-order valence-electron chi connectivity index (χ1n) is 3.98. The molecule has 1 heterocycles. The number of halogens is 1. The zero-order valence-corrected chi connectivity index (χ0v) is 9.09. The number of nitrogen functional groups attached to an aromatic ring is 1. The van der Waals surface area contributed by atoms with Crippen LogP contribution >= 0.6 is 15.9 Å². The largest absolute Gasteiger partial charge is 0.397 e. The lowest BCUT2D eigenvalue weighted by Gasteiger charge is -1.96. The second-order valence-electron chi connectivity index (χ2n) is 3.10. The Balaban J connectivity index is 2.94. The van der Waals surface area contributed by atoms with Crippen molar-refractivity contribution < 1.29 is 0 Å². The van der Waals surface area contributed by atoms with E-state index in [1.54, 1.807) is 0 Å². The Bertz CT molecular complexity index is 473. The number of rotatable bonds is 0. The molecule has 0 unspecified atom stereocenters. The Labute approximate surface area is 84.7 Å². The van der Waals surface area contributed by atoms with Crippen molar-refractivity contribution in [2.75, 3.05) is 5.73 Å². The predicted octanol–water partition coefficient (Wildman–Crippen LogP) is 2.23.